The summed E-state index contributed by atoms with van der Waals surface area (Å²) in [7, 11) is 0. The molecule has 2 N–H and O–H groups in total. The van der Waals surface area contributed by atoms with Crippen LogP contribution in [0.25, 0.3) is 11.3 Å². The van der Waals surface area contributed by atoms with Crippen molar-refractivity contribution in [2.24, 2.45) is 0 Å². The van der Waals surface area contributed by atoms with Crippen LogP contribution >= 0.6 is 11.3 Å². The second kappa shape index (κ2) is 9.48. The Morgan fingerprint density at radius 1 is 1.15 bits per heavy atom. The average molecular weight is 479 g/mol. The van der Waals surface area contributed by atoms with Gasteiger partial charge in [0.05, 0.1) is 27.7 Å². The van der Waals surface area contributed by atoms with Crippen molar-refractivity contribution in [3.05, 3.63) is 69.8 Å². The van der Waals surface area contributed by atoms with Crippen molar-refractivity contribution in [2.75, 3.05) is 18.4 Å². The number of thiazole rings is 1. The number of amides is 2. The lowest BCUT2D eigenvalue weighted by Crippen LogP contribution is -2.40. The first-order valence-corrected chi connectivity index (χ1v) is 11.2. The van der Waals surface area contributed by atoms with Gasteiger partial charge in [0.15, 0.2) is 0 Å². The topological polar surface area (TPSA) is 65.5 Å². The summed E-state index contributed by atoms with van der Waals surface area (Å²) in [6.07, 6.45) is -3.12. The van der Waals surface area contributed by atoms with Gasteiger partial charge in [-0.25, -0.2) is 14.2 Å². The Morgan fingerprint density at radius 3 is 2.45 bits per heavy atom. The first-order valence-electron chi connectivity index (χ1n) is 10.3. The van der Waals surface area contributed by atoms with E-state index in [0.717, 1.165) is 17.1 Å². The second-order valence-electron chi connectivity index (χ2n) is 7.76. The normalized spacial score (nSPS) is 15.0. The fourth-order valence-corrected chi connectivity index (χ4v) is 4.90. The smallest absolute Gasteiger partial charge is 0.391 e. The molecule has 1 aliphatic rings. The van der Waals surface area contributed by atoms with E-state index < -0.39 is 11.7 Å². The van der Waals surface area contributed by atoms with Crippen LogP contribution in [0.1, 0.15) is 34.2 Å². The van der Waals surface area contributed by atoms with Crippen LogP contribution in [0.2, 0.25) is 0 Å². The highest BCUT2D eigenvalue weighted by Gasteiger charge is 2.30. The zero-order valence-electron chi connectivity index (χ0n) is 17.4. The Kier molecular flexibility index (Phi) is 6.66. The standard InChI is InChI=1S/C23H21F4N3O2S/c24-17-3-1-2-15(12-17)20-19(13-31)33-21(29-20)14-8-10-30(11-9-14)22(32)28-18-6-4-16(5-7-18)23(25,26)27/h1-7,12,14,31H,8-11,13H2,(H,28,32). The highest BCUT2D eigenvalue weighted by molar-refractivity contribution is 7.12. The SMILES string of the molecule is O=C(Nc1ccc(C(F)(F)F)cc1)N1CCC(c2nc(-c3cccc(F)c3)c(CO)s2)CC1. The van der Waals surface area contributed by atoms with Gasteiger partial charge < -0.3 is 15.3 Å². The number of nitrogens with one attached hydrogen (secondary N) is 1. The molecule has 0 saturated carbocycles. The molecule has 1 aliphatic heterocycles. The number of piperidine rings is 1. The molecule has 3 aromatic rings. The van der Waals surface area contributed by atoms with Crippen molar-refractivity contribution < 1.29 is 27.5 Å². The largest absolute Gasteiger partial charge is 0.416 e. The maximum absolute atomic E-state index is 13.6. The summed E-state index contributed by atoms with van der Waals surface area (Å²) in [6.45, 7) is 0.721. The van der Waals surface area contributed by atoms with E-state index in [1.54, 1.807) is 17.0 Å². The number of carbonyl (C=O) groups excluding carboxylic acids is 1. The van der Waals surface area contributed by atoms with Gasteiger partial charge in [0, 0.05) is 30.3 Å². The second-order valence-corrected chi connectivity index (χ2v) is 8.87. The van der Waals surface area contributed by atoms with E-state index in [0.29, 0.717) is 47.8 Å². The first kappa shape index (κ1) is 23.2. The van der Waals surface area contributed by atoms with Crippen molar-refractivity contribution >= 4 is 23.1 Å². The van der Waals surface area contributed by atoms with Gasteiger partial charge in [0.25, 0.3) is 0 Å². The number of aliphatic hydroxyl groups excluding tert-OH is 1. The third-order valence-corrected chi connectivity index (χ3v) is 6.75. The predicted octanol–water partition coefficient (Wildman–Crippen LogP) is 5.87. The van der Waals surface area contributed by atoms with Crippen molar-refractivity contribution in [2.45, 2.75) is 31.5 Å². The summed E-state index contributed by atoms with van der Waals surface area (Å²) >= 11 is 1.39. The van der Waals surface area contributed by atoms with Gasteiger partial charge in [-0.2, -0.15) is 13.2 Å². The quantitative estimate of drug-likeness (QED) is 0.460. The predicted molar refractivity (Wildman–Crippen MR) is 117 cm³/mol. The number of nitrogens with zero attached hydrogens (tertiary/aromatic N) is 2. The van der Waals surface area contributed by atoms with Crippen LogP contribution in [0.15, 0.2) is 48.5 Å². The molecule has 5 nitrogen and oxygen atoms in total. The molecule has 0 bridgehead atoms. The number of halogens is 4. The number of benzene rings is 2. The Hall–Kier alpha value is -2.98. The molecule has 0 unspecified atom stereocenters. The molecule has 10 heteroatoms. The van der Waals surface area contributed by atoms with E-state index in [1.807, 2.05) is 0 Å². The van der Waals surface area contributed by atoms with Crippen molar-refractivity contribution in [3.8, 4) is 11.3 Å². The highest BCUT2D eigenvalue weighted by atomic mass is 32.1. The van der Waals surface area contributed by atoms with E-state index in [9.17, 15) is 27.5 Å². The molecule has 1 saturated heterocycles. The zero-order chi connectivity index (χ0) is 23.6. The van der Waals surface area contributed by atoms with E-state index >= 15 is 0 Å². The van der Waals surface area contributed by atoms with Crippen molar-refractivity contribution in [3.63, 3.8) is 0 Å². The van der Waals surface area contributed by atoms with Gasteiger partial charge >= 0.3 is 12.2 Å². The van der Waals surface area contributed by atoms with Crippen LogP contribution in [0.3, 0.4) is 0 Å². The monoisotopic (exact) mass is 479 g/mol. The summed E-state index contributed by atoms with van der Waals surface area (Å²) in [5, 5.41) is 13.2. The number of anilines is 1. The van der Waals surface area contributed by atoms with Gasteiger partial charge in [0.2, 0.25) is 0 Å². The molecular formula is C23H21F4N3O2S. The molecule has 0 aliphatic carbocycles. The summed E-state index contributed by atoms with van der Waals surface area (Å²) in [5.41, 5.74) is 0.696. The van der Waals surface area contributed by atoms with Gasteiger partial charge in [-0.05, 0) is 49.2 Å². The molecule has 2 amide bonds. The molecule has 174 valence electrons. The molecule has 33 heavy (non-hydrogen) atoms. The molecule has 4 rings (SSSR count). The number of carbonyl (C=O) groups is 1. The minimum atomic E-state index is -4.43. The molecular weight excluding hydrogens is 458 g/mol. The number of hydrogen-bond donors (Lipinski definition) is 2. The van der Waals surface area contributed by atoms with E-state index in [1.165, 1.54) is 35.6 Å². The Morgan fingerprint density at radius 2 is 1.85 bits per heavy atom. The Balaban J connectivity index is 1.38. The zero-order valence-corrected chi connectivity index (χ0v) is 18.2. The number of alkyl halides is 3. The number of urea groups is 1. The minimum Gasteiger partial charge on any atom is -0.391 e. The van der Waals surface area contributed by atoms with Crippen LogP contribution < -0.4 is 5.32 Å². The van der Waals surface area contributed by atoms with Crippen LogP contribution in [-0.2, 0) is 12.8 Å². The van der Waals surface area contributed by atoms with E-state index in [-0.39, 0.29) is 24.4 Å². The third-order valence-electron chi connectivity index (χ3n) is 5.55. The maximum atomic E-state index is 13.6. The number of aromatic nitrogens is 1. The van der Waals surface area contributed by atoms with E-state index in [2.05, 4.69) is 10.3 Å². The summed E-state index contributed by atoms with van der Waals surface area (Å²) in [5.74, 6) is -0.281. The molecule has 0 spiro atoms. The van der Waals surface area contributed by atoms with E-state index in [4.69, 9.17) is 0 Å². The molecule has 0 radical (unpaired) electrons. The third kappa shape index (κ3) is 5.33. The number of hydrogen-bond acceptors (Lipinski definition) is 4. The molecule has 1 fully saturated rings. The Labute approximate surface area is 191 Å². The van der Waals surface area contributed by atoms with Crippen molar-refractivity contribution in [1.29, 1.82) is 0 Å². The van der Waals surface area contributed by atoms with Gasteiger partial charge in [-0.1, -0.05) is 12.1 Å². The summed E-state index contributed by atoms with van der Waals surface area (Å²) < 4.78 is 51.7. The molecule has 2 aromatic carbocycles. The van der Waals surface area contributed by atoms with Crippen LogP contribution in [-0.4, -0.2) is 34.1 Å². The van der Waals surface area contributed by atoms with Crippen LogP contribution in [0.4, 0.5) is 28.0 Å². The summed E-state index contributed by atoms with van der Waals surface area (Å²) in [4.78, 5) is 19.5. The fourth-order valence-electron chi connectivity index (χ4n) is 3.79. The lowest BCUT2D eigenvalue weighted by Gasteiger charge is -2.31. The maximum Gasteiger partial charge on any atom is 0.416 e. The fraction of sp³-hybridized carbons (Fsp3) is 0.304. The number of likely N-dealkylation sites (tertiary alicyclic amines) is 1. The Bertz CT molecular complexity index is 1120. The molecule has 2 heterocycles. The molecule has 0 atom stereocenters. The van der Waals surface area contributed by atoms with Gasteiger partial charge in [-0.15, -0.1) is 11.3 Å². The average Bonchev–Trinajstić information content (AvgIpc) is 3.23. The first-order chi connectivity index (χ1) is 15.7. The number of rotatable bonds is 4. The van der Waals surface area contributed by atoms with Crippen molar-refractivity contribution in [1.82, 2.24) is 9.88 Å². The number of aliphatic hydroxyl groups is 1. The molecule has 1 aromatic heterocycles. The lowest BCUT2D eigenvalue weighted by atomic mass is 9.97. The van der Waals surface area contributed by atoms with Gasteiger partial charge in [-0.3, -0.25) is 0 Å². The lowest BCUT2D eigenvalue weighted by molar-refractivity contribution is -0.137. The summed E-state index contributed by atoms with van der Waals surface area (Å²) in [6, 6.07) is 10.0. The minimum absolute atomic E-state index is 0.0951. The van der Waals surface area contributed by atoms with Gasteiger partial charge in [0.1, 0.15) is 5.82 Å². The van der Waals surface area contributed by atoms with Crippen LogP contribution in [0, 0.1) is 5.82 Å². The van der Waals surface area contributed by atoms with Crippen LogP contribution in [0.5, 0.6) is 0 Å². The highest BCUT2D eigenvalue weighted by Crippen LogP contribution is 2.36.